The summed E-state index contributed by atoms with van der Waals surface area (Å²) in [5.41, 5.74) is 1.98. The number of rotatable bonds is 4. The minimum Gasteiger partial charge on any atom is -0.481 e. The van der Waals surface area contributed by atoms with Crippen LogP contribution in [0.3, 0.4) is 0 Å². The molecule has 20 heavy (non-hydrogen) atoms. The van der Waals surface area contributed by atoms with E-state index in [0.29, 0.717) is 12.4 Å². The Bertz CT molecular complexity index is 727. The van der Waals surface area contributed by atoms with Gasteiger partial charge >= 0.3 is 0 Å². The lowest BCUT2D eigenvalue weighted by molar-refractivity contribution is 0.397. The van der Waals surface area contributed by atoms with E-state index < -0.39 is 0 Å². The van der Waals surface area contributed by atoms with Crippen molar-refractivity contribution in [3.63, 3.8) is 0 Å². The zero-order valence-corrected chi connectivity index (χ0v) is 12.3. The van der Waals surface area contributed by atoms with Gasteiger partial charge < -0.3 is 10.1 Å². The molecule has 102 valence electrons. The molecular formula is C14H12ClN3OS. The largest absolute Gasteiger partial charge is 0.481 e. The van der Waals surface area contributed by atoms with E-state index >= 15 is 0 Å². The molecule has 6 heteroatoms. The zero-order chi connectivity index (χ0) is 13.9. The Labute approximate surface area is 125 Å². The molecule has 0 bridgehead atoms. The Morgan fingerprint density at radius 2 is 2.20 bits per heavy atom. The Morgan fingerprint density at radius 3 is 2.90 bits per heavy atom. The van der Waals surface area contributed by atoms with Gasteiger partial charge in [0.15, 0.2) is 5.13 Å². The topological polar surface area (TPSA) is 47.0 Å². The molecule has 0 aliphatic heterocycles. The minimum atomic E-state index is 0.612. The summed E-state index contributed by atoms with van der Waals surface area (Å²) in [6.45, 7) is 0.661. The second kappa shape index (κ2) is 5.64. The molecule has 1 N–H and O–H groups in total. The molecule has 0 saturated carbocycles. The number of halogens is 1. The fourth-order valence-corrected chi connectivity index (χ4v) is 2.96. The van der Waals surface area contributed by atoms with Crippen LogP contribution in [0.15, 0.2) is 36.5 Å². The first-order valence-corrected chi connectivity index (χ1v) is 7.23. The number of aromatic nitrogens is 2. The van der Waals surface area contributed by atoms with Gasteiger partial charge in [-0.05, 0) is 17.7 Å². The van der Waals surface area contributed by atoms with Crippen LogP contribution in [0.2, 0.25) is 5.02 Å². The van der Waals surface area contributed by atoms with E-state index in [2.05, 4.69) is 15.3 Å². The van der Waals surface area contributed by atoms with E-state index in [0.717, 1.165) is 25.9 Å². The summed E-state index contributed by atoms with van der Waals surface area (Å²) in [7, 11) is 1.60. The third kappa shape index (κ3) is 2.69. The average molecular weight is 306 g/mol. The molecule has 0 unspecified atom stereocenters. The van der Waals surface area contributed by atoms with Crippen LogP contribution in [0.25, 0.3) is 10.2 Å². The SMILES string of the molecule is COc1ccc(CNc2nc3cccc(Cl)c3s2)cn1. The number of hydrogen-bond donors (Lipinski definition) is 1. The quantitative estimate of drug-likeness (QED) is 0.792. The highest BCUT2D eigenvalue weighted by atomic mass is 35.5. The number of methoxy groups -OCH3 is 1. The zero-order valence-electron chi connectivity index (χ0n) is 10.8. The van der Waals surface area contributed by atoms with Crippen LogP contribution in [0, 0.1) is 0 Å². The standard InChI is InChI=1S/C14H12ClN3OS/c1-19-12-6-5-9(7-16-12)8-17-14-18-11-4-2-3-10(15)13(11)20-14/h2-7H,8H2,1H3,(H,17,18). The number of ether oxygens (including phenoxy) is 1. The Morgan fingerprint density at radius 1 is 1.30 bits per heavy atom. The summed E-state index contributed by atoms with van der Waals surface area (Å²) in [5, 5.41) is 4.87. The summed E-state index contributed by atoms with van der Waals surface area (Å²) in [5.74, 6) is 0.612. The molecule has 0 aliphatic carbocycles. The third-order valence-electron chi connectivity index (χ3n) is 2.82. The van der Waals surface area contributed by atoms with Crippen molar-refractivity contribution in [2.24, 2.45) is 0 Å². The monoisotopic (exact) mass is 305 g/mol. The van der Waals surface area contributed by atoms with Crippen molar-refractivity contribution in [2.45, 2.75) is 6.54 Å². The van der Waals surface area contributed by atoms with Crippen molar-refractivity contribution in [3.8, 4) is 5.88 Å². The van der Waals surface area contributed by atoms with Crippen LogP contribution in [0.4, 0.5) is 5.13 Å². The highest BCUT2D eigenvalue weighted by molar-refractivity contribution is 7.22. The molecule has 0 amide bonds. The Kier molecular flexibility index (Phi) is 3.71. The first-order chi connectivity index (χ1) is 9.76. The first kappa shape index (κ1) is 13.1. The van der Waals surface area contributed by atoms with Gasteiger partial charge in [0.25, 0.3) is 0 Å². The fraction of sp³-hybridized carbons (Fsp3) is 0.143. The van der Waals surface area contributed by atoms with Gasteiger partial charge in [0.1, 0.15) is 0 Å². The molecule has 0 atom stereocenters. The van der Waals surface area contributed by atoms with Crippen LogP contribution >= 0.6 is 22.9 Å². The lowest BCUT2D eigenvalue weighted by atomic mass is 10.3. The van der Waals surface area contributed by atoms with Gasteiger partial charge in [-0.2, -0.15) is 0 Å². The lowest BCUT2D eigenvalue weighted by Crippen LogP contribution is -1.99. The second-order valence-corrected chi connectivity index (χ2v) is 5.58. The van der Waals surface area contributed by atoms with Crippen molar-refractivity contribution in [1.29, 1.82) is 0 Å². The summed E-state index contributed by atoms with van der Waals surface area (Å²) in [4.78, 5) is 8.67. The van der Waals surface area contributed by atoms with Crippen molar-refractivity contribution in [3.05, 3.63) is 47.1 Å². The van der Waals surface area contributed by atoms with E-state index in [9.17, 15) is 0 Å². The molecule has 0 radical (unpaired) electrons. The number of hydrogen-bond acceptors (Lipinski definition) is 5. The van der Waals surface area contributed by atoms with Gasteiger partial charge in [-0.15, -0.1) is 0 Å². The van der Waals surface area contributed by atoms with Gasteiger partial charge in [0.2, 0.25) is 5.88 Å². The molecule has 0 fully saturated rings. The van der Waals surface area contributed by atoms with Crippen molar-refractivity contribution in [1.82, 2.24) is 9.97 Å². The van der Waals surface area contributed by atoms with E-state index in [4.69, 9.17) is 16.3 Å². The number of thiazole rings is 1. The van der Waals surface area contributed by atoms with Crippen LogP contribution < -0.4 is 10.1 Å². The summed E-state index contributed by atoms with van der Waals surface area (Å²) in [6.07, 6.45) is 1.78. The number of nitrogens with one attached hydrogen (secondary N) is 1. The van der Waals surface area contributed by atoms with E-state index in [-0.39, 0.29) is 0 Å². The third-order valence-corrected chi connectivity index (χ3v) is 4.31. The van der Waals surface area contributed by atoms with E-state index in [1.54, 1.807) is 24.6 Å². The van der Waals surface area contributed by atoms with Crippen molar-refractivity contribution < 1.29 is 4.74 Å². The lowest BCUT2D eigenvalue weighted by Gasteiger charge is -2.03. The average Bonchev–Trinajstić information content (AvgIpc) is 2.90. The molecule has 3 aromatic rings. The Balaban J connectivity index is 1.74. The smallest absolute Gasteiger partial charge is 0.212 e. The predicted molar refractivity (Wildman–Crippen MR) is 82.7 cm³/mol. The van der Waals surface area contributed by atoms with Crippen LogP contribution in [-0.4, -0.2) is 17.1 Å². The molecule has 3 rings (SSSR count). The molecule has 2 heterocycles. The Hall–Kier alpha value is -1.85. The molecule has 4 nitrogen and oxygen atoms in total. The van der Waals surface area contributed by atoms with Crippen molar-refractivity contribution >= 4 is 38.3 Å². The fourth-order valence-electron chi connectivity index (χ4n) is 1.80. The van der Waals surface area contributed by atoms with E-state index in [1.165, 1.54) is 0 Å². The number of benzene rings is 1. The van der Waals surface area contributed by atoms with Crippen LogP contribution in [0.5, 0.6) is 5.88 Å². The maximum atomic E-state index is 6.14. The molecule has 1 aromatic carbocycles. The molecule has 0 saturated heterocycles. The summed E-state index contributed by atoms with van der Waals surface area (Å²) >= 11 is 7.69. The first-order valence-electron chi connectivity index (χ1n) is 6.04. The van der Waals surface area contributed by atoms with Gasteiger partial charge in [0.05, 0.1) is 22.3 Å². The maximum absolute atomic E-state index is 6.14. The highest BCUT2D eigenvalue weighted by Crippen LogP contribution is 2.31. The summed E-state index contributed by atoms with van der Waals surface area (Å²) in [6, 6.07) is 9.55. The molecular weight excluding hydrogens is 294 g/mol. The van der Waals surface area contributed by atoms with Gasteiger partial charge in [0, 0.05) is 18.8 Å². The number of nitrogens with zero attached hydrogens (tertiary/aromatic N) is 2. The van der Waals surface area contributed by atoms with Crippen molar-refractivity contribution in [2.75, 3.05) is 12.4 Å². The van der Waals surface area contributed by atoms with Gasteiger partial charge in [-0.25, -0.2) is 9.97 Å². The minimum absolute atomic E-state index is 0.612. The maximum Gasteiger partial charge on any atom is 0.212 e. The normalized spacial score (nSPS) is 10.7. The summed E-state index contributed by atoms with van der Waals surface area (Å²) < 4.78 is 6.03. The number of fused-ring (bicyclic) bond motifs is 1. The molecule has 0 spiro atoms. The highest BCUT2D eigenvalue weighted by Gasteiger charge is 2.06. The van der Waals surface area contributed by atoms with Crippen LogP contribution in [0.1, 0.15) is 5.56 Å². The molecule has 0 aliphatic rings. The predicted octanol–water partition coefficient (Wildman–Crippen LogP) is 3.97. The van der Waals surface area contributed by atoms with E-state index in [1.807, 2.05) is 30.3 Å². The van der Waals surface area contributed by atoms with Gasteiger partial charge in [-0.3, -0.25) is 0 Å². The molecule has 2 aromatic heterocycles. The number of pyridine rings is 1. The number of anilines is 1. The van der Waals surface area contributed by atoms with Gasteiger partial charge in [-0.1, -0.05) is 35.1 Å². The van der Waals surface area contributed by atoms with Crippen LogP contribution in [-0.2, 0) is 6.54 Å². The second-order valence-electron chi connectivity index (χ2n) is 4.17.